The van der Waals surface area contributed by atoms with Crippen LogP contribution < -0.4 is 10.6 Å². The number of carboxylic acid groups (broad SMARTS) is 1. The first kappa shape index (κ1) is 18.7. The zero-order valence-electron chi connectivity index (χ0n) is 12.3. The predicted octanol–water partition coefficient (Wildman–Crippen LogP) is 0.913. The smallest absolute Gasteiger partial charge is 0.475 e. The first-order valence-corrected chi connectivity index (χ1v) is 7.14. The van der Waals surface area contributed by atoms with Crippen LogP contribution in [0.15, 0.2) is 0 Å². The lowest BCUT2D eigenvalue weighted by Crippen LogP contribution is -2.54. The normalized spacial score (nSPS) is 23.5. The second kappa shape index (κ2) is 8.33. The molecule has 0 bridgehead atoms. The quantitative estimate of drug-likeness (QED) is 0.718. The van der Waals surface area contributed by atoms with Crippen LogP contribution in [0, 0.1) is 5.92 Å². The van der Waals surface area contributed by atoms with Crippen LogP contribution in [0.2, 0.25) is 0 Å². The van der Waals surface area contributed by atoms with Gasteiger partial charge in [-0.05, 0) is 26.2 Å². The molecule has 0 aromatic carbocycles. The molecule has 0 saturated carbocycles. The van der Waals surface area contributed by atoms with E-state index in [1.807, 2.05) is 6.92 Å². The molecule has 0 aromatic heterocycles. The molecule has 2 unspecified atom stereocenters. The number of rotatable bonds is 3. The maximum atomic E-state index is 11.7. The van der Waals surface area contributed by atoms with E-state index in [2.05, 4.69) is 10.6 Å². The summed E-state index contributed by atoms with van der Waals surface area (Å²) in [5, 5.41) is 13.3. The summed E-state index contributed by atoms with van der Waals surface area (Å²) in [4.78, 5) is 20.6. The lowest BCUT2D eigenvalue weighted by molar-refractivity contribution is -0.192. The van der Waals surface area contributed by atoms with Gasteiger partial charge in [-0.1, -0.05) is 0 Å². The van der Waals surface area contributed by atoms with Crippen molar-refractivity contribution >= 4 is 11.9 Å². The van der Waals surface area contributed by atoms with Crippen molar-refractivity contribution in [3.8, 4) is 0 Å². The van der Waals surface area contributed by atoms with Gasteiger partial charge in [-0.3, -0.25) is 4.79 Å². The lowest BCUT2D eigenvalue weighted by Gasteiger charge is -2.32. The molecule has 9 heteroatoms. The van der Waals surface area contributed by atoms with E-state index in [-0.39, 0.29) is 24.0 Å². The van der Waals surface area contributed by atoms with E-state index >= 15 is 0 Å². The molecule has 3 N–H and O–H groups in total. The summed E-state index contributed by atoms with van der Waals surface area (Å²) in [7, 11) is 0. The van der Waals surface area contributed by atoms with Gasteiger partial charge in [0.15, 0.2) is 0 Å². The first-order chi connectivity index (χ1) is 10.2. The zero-order chi connectivity index (χ0) is 16.8. The van der Waals surface area contributed by atoms with E-state index in [9.17, 15) is 18.0 Å². The highest BCUT2D eigenvalue weighted by molar-refractivity contribution is 5.80. The minimum Gasteiger partial charge on any atom is -0.475 e. The number of halogens is 3. The molecule has 2 fully saturated rings. The minimum atomic E-state index is -5.08. The Kier molecular flexibility index (Phi) is 7.08. The molecule has 2 aliphatic rings. The molecule has 0 aromatic rings. The van der Waals surface area contributed by atoms with Crippen LogP contribution >= 0.6 is 0 Å². The Morgan fingerprint density at radius 2 is 1.91 bits per heavy atom. The highest BCUT2D eigenvalue weighted by Gasteiger charge is 2.38. The van der Waals surface area contributed by atoms with Crippen molar-refractivity contribution in [1.82, 2.24) is 10.6 Å². The fraction of sp³-hybridized carbons (Fsp3) is 0.846. The van der Waals surface area contributed by atoms with Crippen LogP contribution in [-0.4, -0.2) is 55.0 Å². The van der Waals surface area contributed by atoms with Crippen molar-refractivity contribution in [2.75, 3.05) is 19.7 Å². The molecule has 2 heterocycles. The fourth-order valence-electron chi connectivity index (χ4n) is 2.07. The van der Waals surface area contributed by atoms with Crippen molar-refractivity contribution in [3.63, 3.8) is 0 Å². The fourth-order valence-corrected chi connectivity index (χ4v) is 2.07. The number of amides is 1. The van der Waals surface area contributed by atoms with E-state index < -0.39 is 12.1 Å². The highest BCUT2D eigenvalue weighted by atomic mass is 19.4. The zero-order valence-corrected chi connectivity index (χ0v) is 12.3. The molecule has 0 spiro atoms. The first-order valence-electron chi connectivity index (χ1n) is 7.14. The number of hydrogen-bond acceptors (Lipinski definition) is 4. The largest absolute Gasteiger partial charge is 0.490 e. The number of nitrogens with one attached hydrogen (secondary N) is 2. The van der Waals surface area contributed by atoms with Gasteiger partial charge in [0.25, 0.3) is 0 Å². The number of carboxylic acids is 1. The molecule has 6 nitrogen and oxygen atoms in total. The maximum absolute atomic E-state index is 11.7. The van der Waals surface area contributed by atoms with E-state index in [4.69, 9.17) is 14.6 Å². The number of ether oxygens (including phenoxy) is 1. The summed E-state index contributed by atoms with van der Waals surface area (Å²) in [6.07, 6.45) is -1.42. The van der Waals surface area contributed by atoms with E-state index in [0.29, 0.717) is 0 Å². The monoisotopic (exact) mass is 326 g/mol. The van der Waals surface area contributed by atoms with Crippen molar-refractivity contribution in [2.24, 2.45) is 5.92 Å². The van der Waals surface area contributed by atoms with Gasteiger partial charge in [0.1, 0.15) is 0 Å². The summed E-state index contributed by atoms with van der Waals surface area (Å²) in [5.41, 5.74) is 0. The molecule has 2 rings (SSSR count). The van der Waals surface area contributed by atoms with Gasteiger partial charge in [0.05, 0.1) is 18.1 Å². The molecule has 128 valence electrons. The summed E-state index contributed by atoms with van der Waals surface area (Å²) in [5.74, 6) is -2.40. The minimum absolute atomic E-state index is 0.151. The van der Waals surface area contributed by atoms with Gasteiger partial charge < -0.3 is 20.5 Å². The van der Waals surface area contributed by atoms with Crippen molar-refractivity contribution in [2.45, 2.75) is 44.5 Å². The molecular weight excluding hydrogens is 305 g/mol. The van der Waals surface area contributed by atoms with Crippen molar-refractivity contribution < 1.29 is 32.6 Å². The molecular formula is C13H21F3N2O4. The number of aliphatic carboxylic acids is 1. The van der Waals surface area contributed by atoms with Crippen LogP contribution in [0.4, 0.5) is 13.2 Å². The van der Waals surface area contributed by atoms with Crippen LogP contribution in [0.25, 0.3) is 0 Å². The Balaban J connectivity index is 0.000000295. The van der Waals surface area contributed by atoms with Gasteiger partial charge in [0, 0.05) is 19.7 Å². The Hall–Kier alpha value is -1.35. The highest BCUT2D eigenvalue weighted by Crippen LogP contribution is 2.16. The summed E-state index contributed by atoms with van der Waals surface area (Å²) in [6, 6.07) is 0.151. The Labute approximate surface area is 126 Å². The molecule has 1 amide bonds. The molecule has 2 aliphatic heterocycles. The average Bonchev–Trinajstić information content (AvgIpc) is 2.37. The van der Waals surface area contributed by atoms with E-state index in [0.717, 1.165) is 32.5 Å². The predicted molar refractivity (Wildman–Crippen MR) is 71.2 cm³/mol. The summed E-state index contributed by atoms with van der Waals surface area (Å²) < 4.78 is 37.4. The maximum Gasteiger partial charge on any atom is 0.490 e. The Morgan fingerprint density at radius 1 is 1.32 bits per heavy atom. The van der Waals surface area contributed by atoms with Crippen LogP contribution in [0.3, 0.4) is 0 Å². The van der Waals surface area contributed by atoms with E-state index in [1.54, 1.807) is 0 Å². The molecule has 2 saturated heterocycles. The lowest BCUT2D eigenvalue weighted by atomic mass is 9.99. The summed E-state index contributed by atoms with van der Waals surface area (Å²) >= 11 is 0. The van der Waals surface area contributed by atoms with Gasteiger partial charge in [-0.25, -0.2) is 4.79 Å². The Bertz CT molecular complexity index is 380. The molecule has 0 aliphatic carbocycles. The standard InChI is InChI=1S/C11H20N2O2.C2HF3O2/c1-8(10-4-2-3-5-15-10)13-11(14)9-6-12-7-9;3-2(4,5)1(6)7/h8-10,12H,2-7H2,1H3,(H,13,14);(H,6,7). The third kappa shape index (κ3) is 6.18. The summed E-state index contributed by atoms with van der Waals surface area (Å²) in [6.45, 7) is 4.53. The van der Waals surface area contributed by atoms with Crippen LogP contribution in [-0.2, 0) is 14.3 Å². The van der Waals surface area contributed by atoms with Crippen LogP contribution in [0.5, 0.6) is 0 Å². The van der Waals surface area contributed by atoms with Gasteiger partial charge in [-0.15, -0.1) is 0 Å². The third-order valence-corrected chi connectivity index (χ3v) is 3.54. The van der Waals surface area contributed by atoms with Crippen molar-refractivity contribution in [3.05, 3.63) is 0 Å². The molecule has 22 heavy (non-hydrogen) atoms. The van der Waals surface area contributed by atoms with E-state index in [1.165, 1.54) is 6.42 Å². The van der Waals surface area contributed by atoms with Gasteiger partial charge >= 0.3 is 12.1 Å². The number of carbonyl (C=O) groups excluding carboxylic acids is 1. The topological polar surface area (TPSA) is 87.7 Å². The van der Waals surface area contributed by atoms with Gasteiger partial charge in [0.2, 0.25) is 5.91 Å². The van der Waals surface area contributed by atoms with Gasteiger partial charge in [-0.2, -0.15) is 13.2 Å². The van der Waals surface area contributed by atoms with Crippen LogP contribution in [0.1, 0.15) is 26.2 Å². The SMILES string of the molecule is CC(NC(=O)C1CNC1)C1CCCCO1.O=C(O)C(F)(F)F. The second-order valence-corrected chi connectivity index (χ2v) is 5.36. The van der Waals surface area contributed by atoms with Crippen molar-refractivity contribution in [1.29, 1.82) is 0 Å². The third-order valence-electron chi connectivity index (χ3n) is 3.54. The number of alkyl halides is 3. The Morgan fingerprint density at radius 3 is 2.27 bits per heavy atom. The average molecular weight is 326 g/mol. The number of carbonyl (C=O) groups is 2. The number of hydrogen-bond donors (Lipinski definition) is 3. The molecule has 0 radical (unpaired) electrons. The molecule has 2 atom stereocenters. The second-order valence-electron chi connectivity index (χ2n) is 5.36.